The average Bonchev–Trinajstić information content (AvgIpc) is 2.77. The maximum Gasteiger partial charge on any atom is 0.162 e. The predicted molar refractivity (Wildman–Crippen MR) is 151 cm³/mol. The maximum atomic E-state index is 9.53. The molecule has 0 heterocycles. The van der Waals surface area contributed by atoms with Crippen molar-refractivity contribution in [3.63, 3.8) is 0 Å². The van der Waals surface area contributed by atoms with Crippen molar-refractivity contribution in [3.8, 4) is 23.0 Å². The summed E-state index contributed by atoms with van der Waals surface area (Å²) in [6, 6.07) is 17.7. The van der Waals surface area contributed by atoms with Crippen LogP contribution in [0.3, 0.4) is 0 Å². The van der Waals surface area contributed by atoms with Gasteiger partial charge in [-0.1, -0.05) is 104 Å². The molecule has 3 aromatic rings. The highest BCUT2D eigenvalue weighted by Gasteiger charge is 2.21. The third kappa shape index (κ3) is 8.18. The van der Waals surface area contributed by atoms with Crippen molar-refractivity contribution in [1.29, 1.82) is 0 Å². The van der Waals surface area contributed by atoms with Crippen LogP contribution in [0, 0.1) is 0 Å². The molecule has 1 N–H and O–H groups in total. The Balaban J connectivity index is 0.000000269. The summed E-state index contributed by atoms with van der Waals surface area (Å²) in [5, 5.41) is 9.53. The molecule has 0 spiro atoms. The van der Waals surface area contributed by atoms with Gasteiger partial charge in [0.1, 0.15) is 6.61 Å². The first-order valence-electron chi connectivity index (χ1n) is 11.4. The Kier molecular flexibility index (Phi) is 10.1. The second-order valence-electron chi connectivity index (χ2n) is 10.3. The molecule has 3 rings (SSSR count). The summed E-state index contributed by atoms with van der Waals surface area (Å²) in [7, 11) is 3.22. The lowest BCUT2D eigenvalue weighted by molar-refractivity contribution is 0.283. The van der Waals surface area contributed by atoms with Crippen molar-refractivity contribution >= 4 is 31.9 Å². The smallest absolute Gasteiger partial charge is 0.162 e. The van der Waals surface area contributed by atoms with Crippen molar-refractivity contribution in [3.05, 3.63) is 80.2 Å². The number of benzene rings is 3. The van der Waals surface area contributed by atoms with Gasteiger partial charge in [0.05, 0.1) is 14.2 Å². The summed E-state index contributed by atoms with van der Waals surface area (Å²) in [5.41, 5.74) is 3.53. The van der Waals surface area contributed by atoms with Crippen molar-refractivity contribution in [1.82, 2.24) is 0 Å². The van der Waals surface area contributed by atoms with Gasteiger partial charge in [0.15, 0.2) is 23.0 Å². The van der Waals surface area contributed by atoms with Crippen molar-refractivity contribution in [2.24, 2.45) is 0 Å². The molecule has 0 aliphatic carbocycles. The number of aromatic hydroxyl groups is 1. The van der Waals surface area contributed by atoms with E-state index in [1.165, 1.54) is 5.56 Å². The molecule has 0 bridgehead atoms. The van der Waals surface area contributed by atoms with E-state index in [-0.39, 0.29) is 16.6 Å². The largest absolute Gasteiger partial charge is 0.504 e. The zero-order valence-corrected chi connectivity index (χ0v) is 25.0. The lowest BCUT2D eigenvalue weighted by Gasteiger charge is -2.23. The summed E-state index contributed by atoms with van der Waals surface area (Å²) in [6.45, 7) is 13.4. The molecule has 0 radical (unpaired) electrons. The summed E-state index contributed by atoms with van der Waals surface area (Å²) in [5.74, 6) is 2.19. The Morgan fingerprint density at radius 1 is 0.686 bits per heavy atom. The molecule has 0 atom stereocenters. The standard InChI is InChI=1S/C18H21BrO2.C11H15BrO2/c1-18(2,3)14-10-16(20-4)17(11-15(14)19)21-12-13-8-6-5-7-9-13;1-11(2,3)7-5-10(14-4)9(13)6-8(7)12/h5-11H,12H2,1-4H3;5-6,13H,1-4H3. The minimum atomic E-state index is 0.0276. The van der Waals surface area contributed by atoms with Gasteiger partial charge >= 0.3 is 0 Å². The highest BCUT2D eigenvalue weighted by atomic mass is 79.9. The summed E-state index contributed by atoms with van der Waals surface area (Å²) in [6.07, 6.45) is 0. The van der Waals surface area contributed by atoms with Crippen LogP contribution < -0.4 is 14.2 Å². The minimum Gasteiger partial charge on any atom is -0.504 e. The number of phenols is 1. The van der Waals surface area contributed by atoms with Gasteiger partial charge in [-0.05, 0) is 51.8 Å². The molecule has 0 unspecified atom stereocenters. The number of hydrogen-bond donors (Lipinski definition) is 1. The van der Waals surface area contributed by atoms with E-state index in [1.807, 2.05) is 48.5 Å². The molecular weight excluding hydrogens is 572 g/mol. The van der Waals surface area contributed by atoms with E-state index in [1.54, 1.807) is 20.3 Å². The van der Waals surface area contributed by atoms with Crippen LogP contribution in [-0.4, -0.2) is 19.3 Å². The van der Waals surface area contributed by atoms with Crippen LogP contribution in [0.2, 0.25) is 0 Å². The zero-order chi connectivity index (χ0) is 26.4. The van der Waals surface area contributed by atoms with Crippen LogP contribution in [0.5, 0.6) is 23.0 Å². The van der Waals surface area contributed by atoms with E-state index in [2.05, 4.69) is 73.4 Å². The number of phenolic OH excluding ortho intramolecular Hbond substituents is 1. The fraction of sp³-hybridized carbons (Fsp3) is 0.379. The molecule has 0 saturated carbocycles. The van der Waals surface area contributed by atoms with Gasteiger partial charge in [-0.2, -0.15) is 0 Å². The van der Waals surface area contributed by atoms with Gasteiger partial charge in [-0.15, -0.1) is 0 Å². The Bertz CT molecular complexity index is 1110. The van der Waals surface area contributed by atoms with Gasteiger partial charge in [-0.3, -0.25) is 0 Å². The van der Waals surface area contributed by atoms with Crippen LogP contribution in [0.4, 0.5) is 0 Å². The van der Waals surface area contributed by atoms with Crippen LogP contribution in [0.1, 0.15) is 58.2 Å². The minimum absolute atomic E-state index is 0.0276. The van der Waals surface area contributed by atoms with Crippen LogP contribution in [0.25, 0.3) is 0 Å². The first-order valence-corrected chi connectivity index (χ1v) is 13.0. The molecule has 6 heteroatoms. The monoisotopic (exact) mass is 606 g/mol. The first kappa shape index (κ1) is 29.1. The van der Waals surface area contributed by atoms with Crippen molar-refractivity contribution < 1.29 is 19.3 Å². The molecule has 0 aromatic heterocycles. The third-order valence-electron chi connectivity index (χ3n) is 5.38. The summed E-state index contributed by atoms with van der Waals surface area (Å²) < 4.78 is 18.4. The molecule has 0 fully saturated rings. The Hall–Kier alpha value is -2.18. The van der Waals surface area contributed by atoms with E-state index in [9.17, 15) is 5.11 Å². The Labute approximate surface area is 226 Å². The van der Waals surface area contributed by atoms with Gasteiger partial charge in [0, 0.05) is 8.95 Å². The number of ether oxygens (including phenoxy) is 3. The van der Waals surface area contributed by atoms with Gasteiger partial charge in [0.2, 0.25) is 0 Å². The zero-order valence-electron chi connectivity index (χ0n) is 21.8. The fourth-order valence-electron chi connectivity index (χ4n) is 3.40. The predicted octanol–water partition coefficient (Wildman–Crippen LogP) is 8.80. The van der Waals surface area contributed by atoms with E-state index >= 15 is 0 Å². The molecule has 35 heavy (non-hydrogen) atoms. The number of hydrogen-bond acceptors (Lipinski definition) is 4. The van der Waals surface area contributed by atoms with Gasteiger partial charge in [0.25, 0.3) is 0 Å². The normalized spacial score (nSPS) is 11.4. The highest BCUT2D eigenvalue weighted by molar-refractivity contribution is 9.10. The topological polar surface area (TPSA) is 47.9 Å². The first-order chi connectivity index (χ1) is 16.3. The van der Waals surface area contributed by atoms with E-state index in [0.29, 0.717) is 12.4 Å². The molecular formula is C29H36Br2O4. The quantitative estimate of drug-likeness (QED) is 0.315. The van der Waals surface area contributed by atoms with Gasteiger partial charge in [-0.25, -0.2) is 0 Å². The fourth-order valence-corrected chi connectivity index (χ4v) is 5.24. The van der Waals surface area contributed by atoms with Crippen LogP contribution in [-0.2, 0) is 17.4 Å². The molecule has 3 aromatic carbocycles. The number of rotatable bonds is 5. The lowest BCUT2D eigenvalue weighted by atomic mass is 9.87. The molecule has 0 saturated heterocycles. The Morgan fingerprint density at radius 2 is 1.17 bits per heavy atom. The van der Waals surface area contributed by atoms with Crippen LogP contribution in [0.15, 0.2) is 63.5 Å². The molecule has 190 valence electrons. The summed E-state index contributed by atoms with van der Waals surface area (Å²) in [4.78, 5) is 0. The molecule has 0 aliphatic rings. The second-order valence-corrected chi connectivity index (χ2v) is 12.0. The summed E-state index contributed by atoms with van der Waals surface area (Å²) >= 11 is 7.07. The lowest BCUT2D eigenvalue weighted by Crippen LogP contribution is -2.12. The molecule has 0 aliphatic heterocycles. The van der Waals surface area contributed by atoms with Crippen molar-refractivity contribution in [2.75, 3.05) is 14.2 Å². The third-order valence-corrected chi connectivity index (χ3v) is 6.69. The SMILES string of the molecule is COc1cc(C(C)(C)C)c(Br)cc1O.COc1cc(C(C)(C)C)c(Br)cc1OCc1ccccc1. The average molecular weight is 608 g/mol. The molecule has 4 nitrogen and oxygen atoms in total. The van der Waals surface area contributed by atoms with Crippen LogP contribution >= 0.6 is 31.9 Å². The second kappa shape index (κ2) is 12.2. The number of methoxy groups -OCH3 is 2. The highest BCUT2D eigenvalue weighted by Crippen LogP contribution is 2.39. The molecule has 0 amide bonds. The van der Waals surface area contributed by atoms with Crippen molar-refractivity contribution in [2.45, 2.75) is 59.0 Å². The van der Waals surface area contributed by atoms with E-state index in [4.69, 9.17) is 14.2 Å². The van der Waals surface area contributed by atoms with E-state index < -0.39 is 0 Å². The maximum absolute atomic E-state index is 9.53. The van der Waals surface area contributed by atoms with Gasteiger partial charge < -0.3 is 19.3 Å². The van der Waals surface area contributed by atoms with E-state index in [0.717, 1.165) is 31.6 Å². The Morgan fingerprint density at radius 3 is 1.66 bits per heavy atom. The number of halogens is 2.